The smallest absolute Gasteiger partial charge is 0.227 e. The Hall–Kier alpha value is -2.69. The van der Waals surface area contributed by atoms with Crippen LogP contribution in [-0.4, -0.2) is 32.8 Å². The van der Waals surface area contributed by atoms with Crippen LogP contribution in [0, 0.1) is 20.8 Å². The molecule has 2 heterocycles. The van der Waals surface area contributed by atoms with Crippen LogP contribution in [0.3, 0.4) is 0 Å². The van der Waals surface area contributed by atoms with Gasteiger partial charge in [0.25, 0.3) is 0 Å². The monoisotopic (exact) mass is 336 g/mol. The lowest BCUT2D eigenvalue weighted by Crippen LogP contribution is -2.31. The fraction of sp³-hybridized carbons (Fsp3) is 0.350. The van der Waals surface area contributed by atoms with Crippen molar-refractivity contribution in [1.82, 2.24) is 19.9 Å². The molecule has 1 amide bonds. The summed E-state index contributed by atoms with van der Waals surface area (Å²) in [5.74, 6) is 0.0780. The van der Waals surface area contributed by atoms with E-state index in [0.717, 1.165) is 27.9 Å². The van der Waals surface area contributed by atoms with Gasteiger partial charge in [0.05, 0.1) is 18.2 Å². The van der Waals surface area contributed by atoms with E-state index in [4.69, 9.17) is 0 Å². The lowest BCUT2D eigenvalue weighted by atomic mass is 10.0. The minimum atomic E-state index is -0.0931. The first kappa shape index (κ1) is 17.1. The molecule has 0 saturated heterocycles. The number of likely N-dealkylation sites (N-methyl/N-ethyl adjacent to an activating group) is 1. The molecule has 1 N–H and O–H groups in total. The number of nitrogens with zero attached hydrogens (tertiary/aromatic N) is 3. The number of aromatic amines is 1. The van der Waals surface area contributed by atoms with E-state index in [1.807, 2.05) is 27.0 Å². The molecule has 5 nitrogen and oxygen atoms in total. The van der Waals surface area contributed by atoms with Crippen LogP contribution in [0.5, 0.6) is 0 Å². The van der Waals surface area contributed by atoms with Crippen molar-refractivity contribution in [2.45, 2.75) is 40.2 Å². The van der Waals surface area contributed by atoms with Crippen LogP contribution >= 0.6 is 0 Å². The van der Waals surface area contributed by atoms with Gasteiger partial charge >= 0.3 is 0 Å². The first-order chi connectivity index (χ1) is 11.9. The second-order valence-electron chi connectivity index (χ2n) is 6.72. The molecule has 0 bridgehead atoms. The van der Waals surface area contributed by atoms with Gasteiger partial charge in [0.2, 0.25) is 5.91 Å². The molecule has 2 aromatic heterocycles. The van der Waals surface area contributed by atoms with Crippen molar-refractivity contribution in [1.29, 1.82) is 0 Å². The zero-order valence-electron chi connectivity index (χ0n) is 15.4. The fourth-order valence-corrected chi connectivity index (χ4v) is 3.30. The number of H-pyrrole nitrogens is 1. The number of rotatable bonds is 4. The Morgan fingerprint density at radius 1 is 1.28 bits per heavy atom. The third-order valence-corrected chi connectivity index (χ3v) is 4.91. The first-order valence-electron chi connectivity index (χ1n) is 8.48. The van der Waals surface area contributed by atoms with Gasteiger partial charge in [-0.05, 0) is 51.0 Å². The summed E-state index contributed by atoms with van der Waals surface area (Å²) < 4.78 is 0. The van der Waals surface area contributed by atoms with Crippen molar-refractivity contribution in [3.8, 4) is 0 Å². The van der Waals surface area contributed by atoms with Gasteiger partial charge in [-0.3, -0.25) is 4.79 Å². The van der Waals surface area contributed by atoms with Gasteiger partial charge in [-0.1, -0.05) is 11.6 Å². The maximum absolute atomic E-state index is 12.9. The third-order valence-electron chi connectivity index (χ3n) is 4.91. The molecule has 0 spiro atoms. The van der Waals surface area contributed by atoms with Gasteiger partial charge in [-0.15, -0.1) is 0 Å². The van der Waals surface area contributed by atoms with E-state index < -0.39 is 0 Å². The first-order valence-corrected chi connectivity index (χ1v) is 8.48. The van der Waals surface area contributed by atoms with Gasteiger partial charge in [0.15, 0.2) is 0 Å². The Balaban J connectivity index is 1.88. The third kappa shape index (κ3) is 3.27. The molecule has 3 rings (SSSR count). The standard InChI is InChI=1S/C20H24N4O/c1-12-8-13(2)20-17(9-12)16(14(3)23-20)10-19(25)24(5)15(4)18-6-7-21-11-22-18/h6-9,11,15,23H,10H2,1-5H3/t15-/m1/s1. The van der Waals surface area contributed by atoms with E-state index in [1.165, 1.54) is 17.5 Å². The highest BCUT2D eigenvalue weighted by molar-refractivity contribution is 5.92. The predicted molar refractivity (Wildman–Crippen MR) is 99.4 cm³/mol. The van der Waals surface area contributed by atoms with Gasteiger partial charge in [0, 0.05) is 29.8 Å². The minimum absolute atomic E-state index is 0.0780. The number of benzene rings is 1. The van der Waals surface area contributed by atoms with Gasteiger partial charge in [0.1, 0.15) is 6.33 Å². The Labute approximate surface area is 148 Å². The topological polar surface area (TPSA) is 61.9 Å². The van der Waals surface area contributed by atoms with E-state index >= 15 is 0 Å². The van der Waals surface area contributed by atoms with Crippen LogP contribution < -0.4 is 0 Å². The number of amides is 1. The summed E-state index contributed by atoms with van der Waals surface area (Å²) in [4.78, 5) is 26.2. The Morgan fingerprint density at radius 2 is 2.04 bits per heavy atom. The Morgan fingerprint density at radius 3 is 2.72 bits per heavy atom. The number of aryl methyl sites for hydroxylation is 3. The molecular weight excluding hydrogens is 312 g/mol. The zero-order valence-corrected chi connectivity index (χ0v) is 15.4. The molecule has 0 saturated carbocycles. The van der Waals surface area contributed by atoms with Crippen molar-refractivity contribution in [3.05, 3.63) is 58.8 Å². The summed E-state index contributed by atoms with van der Waals surface area (Å²) >= 11 is 0. The van der Waals surface area contributed by atoms with Crippen molar-refractivity contribution >= 4 is 16.8 Å². The lowest BCUT2D eigenvalue weighted by Gasteiger charge is -2.24. The normalized spacial score (nSPS) is 12.4. The molecule has 0 unspecified atom stereocenters. The van der Waals surface area contributed by atoms with Gasteiger partial charge in [-0.25, -0.2) is 9.97 Å². The molecule has 5 heteroatoms. The molecule has 1 atom stereocenters. The molecule has 25 heavy (non-hydrogen) atoms. The highest BCUT2D eigenvalue weighted by Gasteiger charge is 2.21. The van der Waals surface area contributed by atoms with Crippen LogP contribution in [0.1, 0.15) is 41.0 Å². The van der Waals surface area contributed by atoms with Crippen molar-refractivity contribution in [3.63, 3.8) is 0 Å². The summed E-state index contributed by atoms with van der Waals surface area (Å²) in [5.41, 5.74) is 6.51. The maximum atomic E-state index is 12.9. The molecule has 0 aliphatic carbocycles. The Kier molecular flexibility index (Phi) is 4.57. The number of nitrogens with one attached hydrogen (secondary N) is 1. The molecule has 130 valence electrons. The van der Waals surface area contributed by atoms with Crippen LogP contribution in [0.4, 0.5) is 0 Å². The average Bonchev–Trinajstić information content (AvgIpc) is 2.90. The number of carbonyl (C=O) groups is 1. The van der Waals surface area contributed by atoms with Crippen LogP contribution in [0.15, 0.2) is 30.7 Å². The van der Waals surface area contributed by atoms with Crippen molar-refractivity contribution in [2.75, 3.05) is 7.05 Å². The molecule has 0 aliphatic heterocycles. The molecular formula is C20H24N4O. The molecule has 0 radical (unpaired) electrons. The van der Waals surface area contributed by atoms with Crippen LogP contribution in [0.2, 0.25) is 0 Å². The van der Waals surface area contributed by atoms with E-state index in [9.17, 15) is 4.79 Å². The minimum Gasteiger partial charge on any atom is -0.358 e. The summed E-state index contributed by atoms with van der Waals surface area (Å²) in [5, 5.41) is 1.14. The lowest BCUT2D eigenvalue weighted by molar-refractivity contribution is -0.131. The zero-order chi connectivity index (χ0) is 18.1. The summed E-state index contributed by atoms with van der Waals surface area (Å²) in [6, 6.07) is 6.07. The van der Waals surface area contributed by atoms with Crippen LogP contribution in [-0.2, 0) is 11.2 Å². The molecule has 0 fully saturated rings. The highest BCUT2D eigenvalue weighted by Crippen LogP contribution is 2.27. The summed E-state index contributed by atoms with van der Waals surface area (Å²) in [7, 11) is 1.83. The molecule has 1 aromatic carbocycles. The fourth-order valence-electron chi connectivity index (χ4n) is 3.30. The second-order valence-corrected chi connectivity index (χ2v) is 6.72. The predicted octanol–water partition coefficient (Wildman–Crippen LogP) is 3.65. The number of aromatic nitrogens is 3. The van der Waals surface area contributed by atoms with Gasteiger partial charge in [-0.2, -0.15) is 0 Å². The summed E-state index contributed by atoms with van der Waals surface area (Å²) in [6.07, 6.45) is 3.59. The van der Waals surface area contributed by atoms with Crippen LogP contribution in [0.25, 0.3) is 10.9 Å². The number of carbonyl (C=O) groups excluding carboxylic acids is 1. The number of hydrogen-bond acceptors (Lipinski definition) is 3. The number of fused-ring (bicyclic) bond motifs is 1. The molecule has 3 aromatic rings. The Bertz CT molecular complexity index is 914. The largest absolute Gasteiger partial charge is 0.358 e. The van der Waals surface area contributed by atoms with E-state index in [0.29, 0.717) is 6.42 Å². The maximum Gasteiger partial charge on any atom is 0.227 e. The molecule has 0 aliphatic rings. The second kappa shape index (κ2) is 6.67. The highest BCUT2D eigenvalue weighted by atomic mass is 16.2. The van der Waals surface area contributed by atoms with Crippen molar-refractivity contribution < 1.29 is 4.79 Å². The SMILES string of the molecule is Cc1cc(C)c2[nH]c(C)c(CC(=O)N(C)[C@H](C)c3ccncn3)c2c1. The number of hydrogen-bond donors (Lipinski definition) is 1. The van der Waals surface area contributed by atoms with Gasteiger partial charge < -0.3 is 9.88 Å². The van der Waals surface area contributed by atoms with Crippen molar-refractivity contribution in [2.24, 2.45) is 0 Å². The van der Waals surface area contributed by atoms with E-state index in [2.05, 4.69) is 40.9 Å². The van der Waals surface area contributed by atoms with E-state index in [-0.39, 0.29) is 11.9 Å². The average molecular weight is 336 g/mol. The quantitative estimate of drug-likeness (QED) is 0.791. The summed E-state index contributed by atoms with van der Waals surface area (Å²) in [6.45, 7) is 8.20. The van der Waals surface area contributed by atoms with E-state index in [1.54, 1.807) is 11.1 Å².